The van der Waals surface area contributed by atoms with Gasteiger partial charge in [-0.25, -0.2) is 0 Å². The standard InChI is InChI=1S/C12H24O3/c1-4-6-7-12(5-2,11(14)15)8-10(3)9-13/h10,13H,4-9H2,1-3H3,(H,14,15). The Kier molecular flexibility index (Phi) is 6.57. The van der Waals surface area contributed by atoms with Crippen LogP contribution in [0.4, 0.5) is 0 Å². The molecule has 3 nitrogen and oxygen atoms in total. The topological polar surface area (TPSA) is 57.5 Å². The van der Waals surface area contributed by atoms with E-state index in [0.717, 1.165) is 19.3 Å². The first-order valence-corrected chi connectivity index (χ1v) is 5.86. The highest BCUT2D eigenvalue weighted by atomic mass is 16.4. The molecule has 2 atom stereocenters. The van der Waals surface area contributed by atoms with Crippen LogP contribution < -0.4 is 0 Å². The average molecular weight is 216 g/mol. The van der Waals surface area contributed by atoms with Crippen molar-refractivity contribution in [2.45, 2.75) is 52.9 Å². The number of unbranched alkanes of at least 4 members (excludes halogenated alkanes) is 1. The maximum absolute atomic E-state index is 11.3. The van der Waals surface area contributed by atoms with Crippen LogP contribution in [-0.2, 0) is 4.79 Å². The van der Waals surface area contributed by atoms with Gasteiger partial charge in [0.05, 0.1) is 5.41 Å². The summed E-state index contributed by atoms with van der Waals surface area (Å²) < 4.78 is 0. The van der Waals surface area contributed by atoms with Gasteiger partial charge < -0.3 is 10.2 Å². The van der Waals surface area contributed by atoms with Crippen molar-refractivity contribution in [1.82, 2.24) is 0 Å². The van der Waals surface area contributed by atoms with E-state index in [-0.39, 0.29) is 12.5 Å². The van der Waals surface area contributed by atoms with Crippen molar-refractivity contribution in [3.05, 3.63) is 0 Å². The highest BCUT2D eigenvalue weighted by Crippen LogP contribution is 2.36. The van der Waals surface area contributed by atoms with Crippen LogP contribution in [0.25, 0.3) is 0 Å². The Morgan fingerprint density at radius 2 is 2.00 bits per heavy atom. The second kappa shape index (κ2) is 6.83. The summed E-state index contributed by atoms with van der Waals surface area (Å²) in [7, 11) is 0. The SMILES string of the molecule is CCCCC(CC)(CC(C)CO)C(=O)O. The molecule has 0 heterocycles. The van der Waals surface area contributed by atoms with Gasteiger partial charge in [0.1, 0.15) is 0 Å². The van der Waals surface area contributed by atoms with Crippen LogP contribution in [0.1, 0.15) is 52.9 Å². The number of carbonyl (C=O) groups is 1. The Morgan fingerprint density at radius 3 is 2.33 bits per heavy atom. The average Bonchev–Trinajstić information content (AvgIpc) is 2.23. The molecule has 90 valence electrons. The Labute approximate surface area is 92.5 Å². The lowest BCUT2D eigenvalue weighted by Crippen LogP contribution is -2.33. The molecule has 0 aromatic heterocycles. The highest BCUT2D eigenvalue weighted by molar-refractivity contribution is 5.74. The van der Waals surface area contributed by atoms with E-state index in [0.29, 0.717) is 12.8 Å². The predicted molar refractivity (Wildman–Crippen MR) is 60.8 cm³/mol. The van der Waals surface area contributed by atoms with Crippen LogP contribution in [0.3, 0.4) is 0 Å². The highest BCUT2D eigenvalue weighted by Gasteiger charge is 2.36. The van der Waals surface area contributed by atoms with Crippen molar-refractivity contribution >= 4 is 5.97 Å². The monoisotopic (exact) mass is 216 g/mol. The first-order valence-electron chi connectivity index (χ1n) is 5.86. The Morgan fingerprint density at radius 1 is 1.40 bits per heavy atom. The largest absolute Gasteiger partial charge is 0.481 e. The van der Waals surface area contributed by atoms with E-state index in [2.05, 4.69) is 6.92 Å². The van der Waals surface area contributed by atoms with E-state index < -0.39 is 11.4 Å². The maximum atomic E-state index is 11.3. The van der Waals surface area contributed by atoms with E-state index in [9.17, 15) is 9.90 Å². The third-order valence-corrected chi connectivity index (χ3v) is 3.19. The zero-order valence-electron chi connectivity index (χ0n) is 10.1. The van der Waals surface area contributed by atoms with Gasteiger partial charge in [-0.05, 0) is 25.2 Å². The second-order valence-electron chi connectivity index (χ2n) is 4.53. The van der Waals surface area contributed by atoms with Gasteiger partial charge in [-0.3, -0.25) is 4.79 Å². The van der Waals surface area contributed by atoms with Gasteiger partial charge >= 0.3 is 5.97 Å². The van der Waals surface area contributed by atoms with Crippen LogP contribution in [0.15, 0.2) is 0 Å². The molecule has 2 unspecified atom stereocenters. The molecule has 0 aromatic carbocycles. The number of hydrogen-bond acceptors (Lipinski definition) is 2. The zero-order valence-corrected chi connectivity index (χ0v) is 10.1. The summed E-state index contributed by atoms with van der Waals surface area (Å²) in [6.07, 6.45) is 3.91. The fourth-order valence-corrected chi connectivity index (χ4v) is 2.02. The van der Waals surface area contributed by atoms with E-state index in [4.69, 9.17) is 5.11 Å². The molecule has 3 heteroatoms. The lowest BCUT2D eigenvalue weighted by Gasteiger charge is -2.30. The van der Waals surface area contributed by atoms with E-state index in [1.807, 2.05) is 13.8 Å². The number of aliphatic hydroxyl groups is 1. The zero-order chi connectivity index (χ0) is 11.9. The number of rotatable bonds is 8. The fourth-order valence-electron chi connectivity index (χ4n) is 2.02. The van der Waals surface area contributed by atoms with Crippen molar-refractivity contribution in [3.63, 3.8) is 0 Å². The summed E-state index contributed by atoms with van der Waals surface area (Å²) >= 11 is 0. The number of aliphatic hydroxyl groups excluding tert-OH is 1. The Bertz CT molecular complexity index is 191. The molecule has 0 rings (SSSR count). The van der Waals surface area contributed by atoms with Gasteiger partial charge in [0.15, 0.2) is 0 Å². The number of aliphatic carboxylic acids is 1. The molecule has 0 saturated heterocycles. The van der Waals surface area contributed by atoms with E-state index in [1.54, 1.807) is 0 Å². The molecular formula is C12H24O3. The van der Waals surface area contributed by atoms with Crippen LogP contribution in [0.5, 0.6) is 0 Å². The second-order valence-corrected chi connectivity index (χ2v) is 4.53. The molecule has 0 aliphatic heterocycles. The molecule has 0 aliphatic carbocycles. The van der Waals surface area contributed by atoms with Crippen molar-refractivity contribution in [2.24, 2.45) is 11.3 Å². The van der Waals surface area contributed by atoms with Crippen LogP contribution >= 0.6 is 0 Å². The molecule has 0 aromatic rings. The normalized spacial score (nSPS) is 17.1. The summed E-state index contributed by atoms with van der Waals surface area (Å²) in [6.45, 7) is 5.96. The molecule has 0 radical (unpaired) electrons. The summed E-state index contributed by atoms with van der Waals surface area (Å²) in [5.41, 5.74) is -0.627. The molecule has 15 heavy (non-hydrogen) atoms. The number of carboxylic acids is 1. The third-order valence-electron chi connectivity index (χ3n) is 3.19. The van der Waals surface area contributed by atoms with Crippen molar-refractivity contribution in [3.8, 4) is 0 Å². The lowest BCUT2D eigenvalue weighted by molar-refractivity contribution is -0.151. The molecule has 0 bridgehead atoms. The quantitative estimate of drug-likeness (QED) is 0.656. The minimum Gasteiger partial charge on any atom is -0.481 e. The molecule has 2 N–H and O–H groups in total. The molecular weight excluding hydrogens is 192 g/mol. The fraction of sp³-hybridized carbons (Fsp3) is 0.917. The first kappa shape index (κ1) is 14.4. The van der Waals surface area contributed by atoms with Crippen LogP contribution in [-0.4, -0.2) is 22.8 Å². The maximum Gasteiger partial charge on any atom is 0.309 e. The Balaban J connectivity index is 4.57. The van der Waals surface area contributed by atoms with Crippen LogP contribution in [0, 0.1) is 11.3 Å². The minimum absolute atomic E-state index is 0.0675. The van der Waals surface area contributed by atoms with Crippen molar-refractivity contribution in [2.75, 3.05) is 6.61 Å². The predicted octanol–water partition coefficient (Wildman–Crippen LogP) is 2.68. The van der Waals surface area contributed by atoms with E-state index >= 15 is 0 Å². The van der Waals surface area contributed by atoms with Gasteiger partial charge in [0.2, 0.25) is 0 Å². The van der Waals surface area contributed by atoms with Gasteiger partial charge in [-0.15, -0.1) is 0 Å². The van der Waals surface area contributed by atoms with Gasteiger partial charge in [0.25, 0.3) is 0 Å². The summed E-state index contributed by atoms with van der Waals surface area (Å²) in [6, 6.07) is 0. The number of hydrogen-bond donors (Lipinski definition) is 2. The lowest BCUT2D eigenvalue weighted by atomic mass is 9.74. The van der Waals surface area contributed by atoms with Gasteiger partial charge in [0, 0.05) is 6.61 Å². The van der Waals surface area contributed by atoms with E-state index in [1.165, 1.54) is 0 Å². The summed E-state index contributed by atoms with van der Waals surface area (Å²) in [5.74, 6) is -0.642. The molecule has 0 saturated carbocycles. The van der Waals surface area contributed by atoms with Gasteiger partial charge in [-0.2, -0.15) is 0 Å². The summed E-state index contributed by atoms with van der Waals surface area (Å²) in [4.78, 5) is 11.3. The molecule has 0 fully saturated rings. The van der Waals surface area contributed by atoms with Gasteiger partial charge in [-0.1, -0.05) is 33.6 Å². The smallest absolute Gasteiger partial charge is 0.309 e. The van der Waals surface area contributed by atoms with Crippen molar-refractivity contribution in [1.29, 1.82) is 0 Å². The number of carboxylic acid groups (broad SMARTS) is 1. The minimum atomic E-state index is -0.709. The molecule has 0 spiro atoms. The van der Waals surface area contributed by atoms with Crippen molar-refractivity contribution < 1.29 is 15.0 Å². The molecule has 0 amide bonds. The Hall–Kier alpha value is -0.570. The molecule has 0 aliphatic rings. The first-order chi connectivity index (χ1) is 7.02. The summed E-state index contributed by atoms with van der Waals surface area (Å²) in [5, 5.41) is 18.3. The van der Waals surface area contributed by atoms with Crippen LogP contribution in [0.2, 0.25) is 0 Å². The third kappa shape index (κ3) is 4.20.